The van der Waals surface area contributed by atoms with Gasteiger partial charge in [-0.3, -0.25) is 14.5 Å². The molecule has 1 saturated heterocycles. The molecule has 5 heteroatoms. The van der Waals surface area contributed by atoms with Crippen molar-refractivity contribution < 1.29 is 14.3 Å². The van der Waals surface area contributed by atoms with Crippen molar-refractivity contribution in [2.45, 2.75) is 13.8 Å². The summed E-state index contributed by atoms with van der Waals surface area (Å²) in [6.07, 6.45) is 0. The molecule has 1 amide bonds. The molecule has 0 aromatic carbocycles. The van der Waals surface area contributed by atoms with Crippen molar-refractivity contribution in [3.05, 3.63) is 0 Å². The van der Waals surface area contributed by atoms with E-state index in [1.165, 1.54) is 7.11 Å². The fourth-order valence-electron chi connectivity index (χ4n) is 1.73. The Balaban J connectivity index is 2.52. The van der Waals surface area contributed by atoms with Gasteiger partial charge in [0.05, 0.1) is 19.1 Å². The highest BCUT2D eigenvalue weighted by molar-refractivity contribution is 5.79. The van der Waals surface area contributed by atoms with Gasteiger partial charge in [0.1, 0.15) is 0 Å². The fourth-order valence-corrected chi connectivity index (χ4v) is 1.73. The molecule has 1 fully saturated rings. The zero-order chi connectivity index (χ0) is 11.5. The number of nitrogens with one attached hydrogen (secondary N) is 1. The van der Waals surface area contributed by atoms with E-state index >= 15 is 0 Å². The van der Waals surface area contributed by atoms with Gasteiger partial charge in [-0.15, -0.1) is 0 Å². The number of esters is 1. The molecular formula is C10H18N2O3. The number of methoxy groups -OCH3 is 1. The molecular weight excluding hydrogens is 196 g/mol. The van der Waals surface area contributed by atoms with Crippen molar-refractivity contribution in [1.29, 1.82) is 0 Å². The quantitative estimate of drug-likeness (QED) is 0.650. The standard InChI is InChI=1S/C10H18N2O3/c1-10(2,9(14)15-3)7-12-5-4-11-8(13)6-12/h4-7H2,1-3H3,(H,11,13). The number of rotatable bonds is 3. The van der Waals surface area contributed by atoms with Gasteiger partial charge in [0.2, 0.25) is 5.91 Å². The molecule has 1 N–H and O–H groups in total. The number of carbonyl (C=O) groups is 2. The minimum atomic E-state index is -0.563. The summed E-state index contributed by atoms with van der Waals surface area (Å²) in [4.78, 5) is 24.5. The number of nitrogens with zero attached hydrogens (tertiary/aromatic N) is 1. The monoisotopic (exact) mass is 214 g/mol. The van der Waals surface area contributed by atoms with Gasteiger partial charge in [0, 0.05) is 19.6 Å². The van der Waals surface area contributed by atoms with E-state index < -0.39 is 5.41 Å². The number of ether oxygens (including phenoxy) is 1. The topological polar surface area (TPSA) is 58.6 Å². The molecule has 0 radical (unpaired) electrons. The summed E-state index contributed by atoms with van der Waals surface area (Å²) in [6, 6.07) is 0. The van der Waals surface area contributed by atoms with Crippen LogP contribution in [0.5, 0.6) is 0 Å². The third kappa shape index (κ3) is 3.20. The molecule has 5 nitrogen and oxygen atoms in total. The van der Waals surface area contributed by atoms with E-state index in [1.807, 2.05) is 18.7 Å². The lowest BCUT2D eigenvalue weighted by molar-refractivity contribution is -0.152. The lowest BCUT2D eigenvalue weighted by atomic mass is 9.92. The molecule has 1 aliphatic rings. The second-order valence-corrected chi connectivity index (χ2v) is 4.44. The first-order chi connectivity index (χ1) is 6.95. The Kier molecular flexibility index (Phi) is 3.68. The van der Waals surface area contributed by atoms with E-state index in [9.17, 15) is 9.59 Å². The molecule has 0 atom stereocenters. The molecule has 0 aromatic heterocycles. The summed E-state index contributed by atoms with van der Waals surface area (Å²) >= 11 is 0. The summed E-state index contributed by atoms with van der Waals surface area (Å²) in [5.74, 6) is -0.226. The fraction of sp³-hybridized carbons (Fsp3) is 0.800. The lowest BCUT2D eigenvalue weighted by Crippen LogP contribution is -2.51. The Morgan fingerprint density at radius 2 is 2.27 bits per heavy atom. The Hall–Kier alpha value is -1.10. The van der Waals surface area contributed by atoms with E-state index in [1.54, 1.807) is 0 Å². The van der Waals surface area contributed by atoms with Crippen molar-refractivity contribution in [1.82, 2.24) is 10.2 Å². The van der Waals surface area contributed by atoms with Crippen molar-refractivity contribution in [3.8, 4) is 0 Å². The van der Waals surface area contributed by atoms with Crippen LogP contribution in [-0.2, 0) is 14.3 Å². The van der Waals surface area contributed by atoms with Crippen LogP contribution in [0.3, 0.4) is 0 Å². The Bertz CT molecular complexity index is 263. The second kappa shape index (κ2) is 4.61. The van der Waals surface area contributed by atoms with Gasteiger partial charge in [-0.1, -0.05) is 0 Å². The molecule has 0 aromatic rings. The van der Waals surface area contributed by atoms with Crippen LogP contribution in [0.1, 0.15) is 13.8 Å². The number of hydrogen-bond donors (Lipinski definition) is 1. The average molecular weight is 214 g/mol. The Morgan fingerprint density at radius 3 is 2.80 bits per heavy atom. The zero-order valence-corrected chi connectivity index (χ0v) is 9.50. The summed E-state index contributed by atoms with van der Waals surface area (Å²) < 4.78 is 4.72. The Labute approximate surface area is 89.8 Å². The van der Waals surface area contributed by atoms with Gasteiger partial charge in [-0.2, -0.15) is 0 Å². The van der Waals surface area contributed by atoms with Crippen molar-refractivity contribution in [3.63, 3.8) is 0 Å². The van der Waals surface area contributed by atoms with E-state index in [4.69, 9.17) is 4.74 Å². The highest BCUT2D eigenvalue weighted by Gasteiger charge is 2.32. The maximum atomic E-state index is 11.4. The number of piperazine rings is 1. The first-order valence-electron chi connectivity index (χ1n) is 5.03. The minimum Gasteiger partial charge on any atom is -0.469 e. The predicted octanol–water partition coefficient (Wildman–Crippen LogP) is -0.383. The van der Waals surface area contributed by atoms with E-state index in [0.717, 1.165) is 6.54 Å². The molecule has 0 bridgehead atoms. The number of carbonyl (C=O) groups excluding carboxylic acids is 2. The first kappa shape index (κ1) is 12.0. The summed E-state index contributed by atoms with van der Waals surface area (Å²) in [6.45, 7) is 5.99. The van der Waals surface area contributed by atoms with Crippen LogP contribution >= 0.6 is 0 Å². The lowest BCUT2D eigenvalue weighted by Gasteiger charge is -2.32. The molecule has 0 saturated carbocycles. The van der Waals surface area contributed by atoms with Crippen LogP contribution in [0.2, 0.25) is 0 Å². The first-order valence-corrected chi connectivity index (χ1v) is 5.03. The van der Waals surface area contributed by atoms with Crippen LogP contribution in [0.4, 0.5) is 0 Å². The molecule has 1 rings (SSSR count). The van der Waals surface area contributed by atoms with Gasteiger partial charge in [0.15, 0.2) is 0 Å². The van der Waals surface area contributed by atoms with Crippen molar-refractivity contribution >= 4 is 11.9 Å². The second-order valence-electron chi connectivity index (χ2n) is 4.44. The molecule has 1 heterocycles. The molecule has 86 valence electrons. The molecule has 0 spiro atoms. The molecule has 0 unspecified atom stereocenters. The highest BCUT2D eigenvalue weighted by Crippen LogP contribution is 2.19. The molecule has 15 heavy (non-hydrogen) atoms. The van der Waals surface area contributed by atoms with Gasteiger partial charge >= 0.3 is 5.97 Å². The normalized spacial score (nSPS) is 18.5. The summed E-state index contributed by atoms with van der Waals surface area (Å²) in [5, 5.41) is 2.74. The van der Waals surface area contributed by atoms with Crippen LogP contribution in [-0.4, -0.2) is 50.1 Å². The number of hydrogen-bond acceptors (Lipinski definition) is 4. The van der Waals surface area contributed by atoms with Gasteiger partial charge in [-0.25, -0.2) is 0 Å². The van der Waals surface area contributed by atoms with Gasteiger partial charge < -0.3 is 10.1 Å². The van der Waals surface area contributed by atoms with E-state index in [-0.39, 0.29) is 11.9 Å². The highest BCUT2D eigenvalue weighted by atomic mass is 16.5. The van der Waals surface area contributed by atoms with Crippen LogP contribution in [0.25, 0.3) is 0 Å². The zero-order valence-electron chi connectivity index (χ0n) is 9.50. The molecule has 1 aliphatic heterocycles. The van der Waals surface area contributed by atoms with Crippen LogP contribution in [0.15, 0.2) is 0 Å². The third-order valence-corrected chi connectivity index (χ3v) is 2.47. The van der Waals surface area contributed by atoms with Gasteiger partial charge in [0.25, 0.3) is 0 Å². The molecule has 0 aliphatic carbocycles. The van der Waals surface area contributed by atoms with Crippen molar-refractivity contribution in [2.75, 3.05) is 33.3 Å². The Morgan fingerprint density at radius 1 is 1.60 bits per heavy atom. The number of amides is 1. The predicted molar refractivity (Wildman–Crippen MR) is 55.2 cm³/mol. The van der Waals surface area contributed by atoms with Crippen LogP contribution in [0, 0.1) is 5.41 Å². The maximum absolute atomic E-state index is 11.4. The smallest absolute Gasteiger partial charge is 0.312 e. The van der Waals surface area contributed by atoms with Crippen molar-refractivity contribution in [2.24, 2.45) is 5.41 Å². The average Bonchev–Trinajstić information content (AvgIpc) is 2.15. The third-order valence-electron chi connectivity index (χ3n) is 2.47. The minimum absolute atomic E-state index is 0.0157. The van der Waals surface area contributed by atoms with E-state index in [2.05, 4.69) is 5.32 Å². The summed E-state index contributed by atoms with van der Waals surface area (Å²) in [7, 11) is 1.38. The summed E-state index contributed by atoms with van der Waals surface area (Å²) in [5.41, 5.74) is -0.563. The SMILES string of the molecule is COC(=O)C(C)(C)CN1CCNC(=O)C1. The van der Waals surface area contributed by atoms with Gasteiger partial charge in [-0.05, 0) is 13.8 Å². The van der Waals surface area contributed by atoms with E-state index in [0.29, 0.717) is 19.6 Å². The van der Waals surface area contributed by atoms with Crippen LogP contribution < -0.4 is 5.32 Å². The maximum Gasteiger partial charge on any atom is 0.312 e. The largest absolute Gasteiger partial charge is 0.469 e.